The normalized spacial score (nSPS) is 18.3. The zero-order valence-corrected chi connectivity index (χ0v) is 22.6. The van der Waals surface area contributed by atoms with Crippen LogP contribution in [0.25, 0.3) is 0 Å². The Balaban J connectivity index is 1.91. The van der Waals surface area contributed by atoms with Crippen LogP contribution in [0.4, 0.5) is 10.5 Å². The van der Waals surface area contributed by atoms with Gasteiger partial charge in [0.25, 0.3) is 5.91 Å². The first-order valence-corrected chi connectivity index (χ1v) is 12.8. The van der Waals surface area contributed by atoms with E-state index in [1.807, 2.05) is 27.8 Å². The van der Waals surface area contributed by atoms with E-state index in [1.165, 1.54) is 0 Å². The Morgan fingerprint density at radius 1 is 1.16 bits per heavy atom. The van der Waals surface area contributed by atoms with Crippen molar-refractivity contribution in [2.24, 2.45) is 5.92 Å². The van der Waals surface area contributed by atoms with Crippen LogP contribution in [-0.2, 0) is 6.54 Å². The predicted molar refractivity (Wildman–Crippen MR) is 145 cm³/mol. The third-order valence-corrected chi connectivity index (χ3v) is 6.50. The van der Waals surface area contributed by atoms with Crippen LogP contribution in [0.5, 0.6) is 5.75 Å². The lowest BCUT2D eigenvalue weighted by molar-refractivity contribution is 0.0343. The Morgan fingerprint density at radius 2 is 1.84 bits per heavy atom. The molecule has 38 heavy (non-hydrogen) atoms. The molecule has 0 unspecified atom stereocenters. The third-order valence-electron chi connectivity index (χ3n) is 6.50. The van der Waals surface area contributed by atoms with Crippen LogP contribution < -0.4 is 15.4 Å². The number of para-hydroxylation sites is 1. The molecule has 0 aromatic heterocycles. The van der Waals surface area contributed by atoms with E-state index in [4.69, 9.17) is 9.84 Å². The van der Waals surface area contributed by atoms with E-state index in [-0.39, 0.29) is 36.1 Å². The molecule has 0 spiro atoms. The second-order valence-electron chi connectivity index (χ2n) is 10.3. The standard InChI is InChI=1S/C28H38N4O6/c1-17(2)29-28(37)30-23-8-6-7-22-25(23)38-24(18(3)13-32(26(22)34)19(4)16-33)15-31(5)14-20-9-11-21(12-10-20)27(35)36/h6-12,17-19,24,33H,13-16H2,1-5H3,(H,35,36)(H2,29,30,37)/t18-,19-,24-/m0/s1. The molecule has 1 aliphatic heterocycles. The molecule has 0 saturated heterocycles. The van der Waals surface area contributed by atoms with Gasteiger partial charge in [0.15, 0.2) is 5.75 Å². The lowest BCUT2D eigenvalue weighted by Crippen LogP contribution is -2.49. The minimum Gasteiger partial charge on any atom is -0.486 e. The van der Waals surface area contributed by atoms with Crippen LogP contribution in [0.2, 0.25) is 0 Å². The highest BCUT2D eigenvalue weighted by Gasteiger charge is 2.34. The summed E-state index contributed by atoms with van der Waals surface area (Å²) in [5, 5.41) is 24.6. The van der Waals surface area contributed by atoms with Gasteiger partial charge in [-0.3, -0.25) is 9.69 Å². The minimum atomic E-state index is -0.969. The number of aliphatic hydroxyl groups excluding tert-OH is 1. The molecular weight excluding hydrogens is 488 g/mol. The molecule has 3 atom stereocenters. The van der Waals surface area contributed by atoms with E-state index < -0.39 is 18.0 Å². The fourth-order valence-corrected chi connectivity index (χ4v) is 4.42. The first-order valence-electron chi connectivity index (χ1n) is 12.8. The van der Waals surface area contributed by atoms with Gasteiger partial charge in [-0.2, -0.15) is 0 Å². The molecule has 0 fully saturated rings. The summed E-state index contributed by atoms with van der Waals surface area (Å²) in [6.07, 6.45) is -0.352. The molecule has 1 heterocycles. The highest BCUT2D eigenvalue weighted by molar-refractivity contribution is 6.01. The number of fused-ring (bicyclic) bond motifs is 1. The molecule has 10 heteroatoms. The largest absolute Gasteiger partial charge is 0.486 e. The van der Waals surface area contributed by atoms with Crippen LogP contribution in [0.15, 0.2) is 42.5 Å². The number of ether oxygens (including phenoxy) is 1. The van der Waals surface area contributed by atoms with E-state index in [0.717, 1.165) is 5.56 Å². The molecule has 3 amide bonds. The zero-order valence-electron chi connectivity index (χ0n) is 22.6. The number of anilines is 1. The summed E-state index contributed by atoms with van der Waals surface area (Å²) in [5.41, 5.74) is 1.89. The number of likely N-dealkylation sites (N-methyl/N-ethyl adjacent to an activating group) is 1. The van der Waals surface area contributed by atoms with Crippen molar-refractivity contribution in [2.45, 2.75) is 52.4 Å². The predicted octanol–water partition coefficient (Wildman–Crippen LogP) is 3.27. The van der Waals surface area contributed by atoms with Crippen molar-refractivity contribution in [3.8, 4) is 5.75 Å². The molecule has 0 saturated carbocycles. The van der Waals surface area contributed by atoms with Gasteiger partial charge in [-0.15, -0.1) is 0 Å². The summed E-state index contributed by atoms with van der Waals surface area (Å²) in [6, 6.07) is 10.9. The number of hydrogen-bond donors (Lipinski definition) is 4. The van der Waals surface area contributed by atoms with Gasteiger partial charge in [0, 0.05) is 31.6 Å². The van der Waals surface area contributed by atoms with Gasteiger partial charge in [-0.25, -0.2) is 9.59 Å². The summed E-state index contributed by atoms with van der Waals surface area (Å²) in [7, 11) is 1.94. The molecular formula is C28H38N4O6. The number of rotatable bonds is 9. The number of carboxylic acids is 1. The second kappa shape index (κ2) is 12.7. The van der Waals surface area contributed by atoms with Crippen molar-refractivity contribution in [3.05, 3.63) is 59.2 Å². The van der Waals surface area contributed by atoms with Crippen molar-refractivity contribution >= 4 is 23.6 Å². The molecule has 206 valence electrons. The SMILES string of the molecule is CC(C)NC(=O)Nc1cccc2c1O[C@@H](CN(C)Cc1ccc(C(=O)O)cc1)[C@@H](C)CN([C@@H](C)CO)C2=O. The molecule has 1 aliphatic rings. The first kappa shape index (κ1) is 28.9. The number of aromatic carboxylic acids is 1. The zero-order chi connectivity index (χ0) is 28.0. The summed E-state index contributed by atoms with van der Waals surface area (Å²) < 4.78 is 6.51. The average molecular weight is 527 g/mol. The van der Waals surface area contributed by atoms with Crippen LogP contribution in [0.1, 0.15) is 54.0 Å². The molecule has 3 rings (SSSR count). The number of aliphatic hydroxyl groups is 1. The van der Waals surface area contributed by atoms with E-state index >= 15 is 0 Å². The summed E-state index contributed by atoms with van der Waals surface area (Å²) in [5.74, 6) is -1.05. The van der Waals surface area contributed by atoms with Gasteiger partial charge in [-0.05, 0) is 57.6 Å². The topological polar surface area (TPSA) is 131 Å². The quantitative estimate of drug-likeness (QED) is 0.394. The number of amides is 3. The monoisotopic (exact) mass is 526 g/mol. The van der Waals surface area contributed by atoms with E-state index in [1.54, 1.807) is 54.3 Å². The summed E-state index contributed by atoms with van der Waals surface area (Å²) in [6.45, 7) is 8.77. The molecule has 4 N–H and O–H groups in total. The van der Waals surface area contributed by atoms with Crippen molar-refractivity contribution in [2.75, 3.05) is 32.1 Å². The highest BCUT2D eigenvalue weighted by atomic mass is 16.5. The van der Waals surface area contributed by atoms with Crippen LogP contribution in [0, 0.1) is 5.92 Å². The van der Waals surface area contributed by atoms with Crippen molar-refractivity contribution in [1.82, 2.24) is 15.1 Å². The molecule has 0 bridgehead atoms. The number of carbonyl (C=O) groups excluding carboxylic acids is 2. The number of nitrogens with one attached hydrogen (secondary N) is 2. The second-order valence-corrected chi connectivity index (χ2v) is 10.3. The number of benzene rings is 2. The number of nitrogens with zero attached hydrogens (tertiary/aromatic N) is 2. The Hall–Kier alpha value is -3.63. The lowest BCUT2D eigenvalue weighted by Gasteiger charge is -2.38. The van der Waals surface area contributed by atoms with Gasteiger partial charge in [0.1, 0.15) is 6.10 Å². The maximum absolute atomic E-state index is 13.6. The van der Waals surface area contributed by atoms with Gasteiger partial charge >= 0.3 is 12.0 Å². The maximum atomic E-state index is 13.6. The van der Waals surface area contributed by atoms with Crippen LogP contribution >= 0.6 is 0 Å². The maximum Gasteiger partial charge on any atom is 0.335 e. The van der Waals surface area contributed by atoms with Crippen LogP contribution in [0.3, 0.4) is 0 Å². The Kier molecular flexibility index (Phi) is 9.71. The molecule has 2 aromatic rings. The highest BCUT2D eigenvalue weighted by Crippen LogP contribution is 2.35. The van der Waals surface area contributed by atoms with Crippen molar-refractivity contribution < 1.29 is 29.3 Å². The van der Waals surface area contributed by atoms with Gasteiger partial charge in [-0.1, -0.05) is 25.1 Å². The Bertz CT molecular complexity index is 1140. The fraction of sp³-hybridized carbons (Fsp3) is 0.464. The Labute approximate surface area is 223 Å². The number of urea groups is 1. The summed E-state index contributed by atoms with van der Waals surface area (Å²) in [4.78, 5) is 40.9. The van der Waals surface area contributed by atoms with Crippen molar-refractivity contribution in [3.63, 3.8) is 0 Å². The summed E-state index contributed by atoms with van der Waals surface area (Å²) >= 11 is 0. The first-order chi connectivity index (χ1) is 18.0. The minimum absolute atomic E-state index is 0.0741. The third kappa shape index (κ3) is 7.23. The number of carbonyl (C=O) groups is 3. The lowest BCUT2D eigenvalue weighted by atomic mass is 9.98. The molecule has 0 aliphatic carbocycles. The average Bonchev–Trinajstić information content (AvgIpc) is 2.85. The molecule has 0 radical (unpaired) electrons. The van der Waals surface area contributed by atoms with E-state index in [2.05, 4.69) is 15.5 Å². The molecule has 2 aromatic carbocycles. The van der Waals surface area contributed by atoms with Crippen LogP contribution in [-0.4, -0.2) is 82.9 Å². The van der Waals surface area contributed by atoms with E-state index in [0.29, 0.717) is 36.6 Å². The van der Waals surface area contributed by atoms with Gasteiger partial charge < -0.3 is 30.5 Å². The smallest absolute Gasteiger partial charge is 0.335 e. The van der Waals surface area contributed by atoms with Crippen molar-refractivity contribution in [1.29, 1.82) is 0 Å². The number of carboxylic acid groups (broad SMARTS) is 1. The van der Waals surface area contributed by atoms with Gasteiger partial charge in [0.2, 0.25) is 0 Å². The fourth-order valence-electron chi connectivity index (χ4n) is 4.42. The Morgan fingerprint density at radius 3 is 2.45 bits per heavy atom. The molecule has 10 nitrogen and oxygen atoms in total. The van der Waals surface area contributed by atoms with Gasteiger partial charge in [0.05, 0.1) is 29.5 Å². The van der Waals surface area contributed by atoms with E-state index in [9.17, 15) is 19.5 Å². The number of hydrogen-bond acceptors (Lipinski definition) is 6.